The molecule has 126 valence electrons. The van der Waals surface area contributed by atoms with Crippen LogP contribution in [0.2, 0.25) is 0 Å². The highest BCUT2D eigenvalue weighted by Crippen LogP contribution is 2.40. The molecule has 2 aromatic rings. The zero-order chi connectivity index (χ0) is 16.8. The number of anilines is 2. The van der Waals surface area contributed by atoms with Crippen molar-refractivity contribution in [1.29, 1.82) is 5.26 Å². The van der Waals surface area contributed by atoms with E-state index in [9.17, 15) is 0 Å². The van der Waals surface area contributed by atoms with E-state index in [1.807, 2.05) is 12.1 Å². The van der Waals surface area contributed by atoms with Gasteiger partial charge in [0.1, 0.15) is 24.0 Å². The minimum absolute atomic E-state index is 0.615. The van der Waals surface area contributed by atoms with Crippen LogP contribution in [0.5, 0.6) is 0 Å². The molecule has 3 aliphatic rings. The number of hydrogen-bond acceptors (Lipinski definition) is 6. The van der Waals surface area contributed by atoms with Crippen LogP contribution in [0.4, 0.5) is 11.6 Å². The van der Waals surface area contributed by atoms with Gasteiger partial charge in [0.15, 0.2) is 0 Å². The Labute approximate surface area is 147 Å². The molecule has 2 atom stereocenters. The van der Waals surface area contributed by atoms with Crippen LogP contribution < -0.4 is 9.80 Å². The summed E-state index contributed by atoms with van der Waals surface area (Å²) in [6.07, 6.45) is 5.93. The van der Waals surface area contributed by atoms with Gasteiger partial charge in [0, 0.05) is 61.9 Å². The molecule has 0 N–H and O–H groups in total. The molecular weight excluding hydrogens is 312 g/mol. The Hall–Kier alpha value is -2.68. The maximum atomic E-state index is 8.90. The summed E-state index contributed by atoms with van der Waals surface area (Å²) < 4.78 is 0. The largest absolute Gasteiger partial charge is 0.356 e. The fourth-order valence-electron chi connectivity index (χ4n) is 4.14. The number of fused-ring (bicyclic) bond motifs is 1. The van der Waals surface area contributed by atoms with Gasteiger partial charge in [-0.15, -0.1) is 0 Å². The van der Waals surface area contributed by atoms with Crippen molar-refractivity contribution in [3.8, 4) is 6.07 Å². The number of rotatable bonds is 3. The zero-order valence-corrected chi connectivity index (χ0v) is 14.0. The molecule has 0 radical (unpaired) electrons. The molecule has 2 aliphatic heterocycles. The van der Waals surface area contributed by atoms with Crippen molar-refractivity contribution in [3.05, 3.63) is 42.0 Å². The molecule has 6 heteroatoms. The van der Waals surface area contributed by atoms with Crippen LogP contribution in [0.3, 0.4) is 0 Å². The maximum Gasteiger partial charge on any atom is 0.132 e. The second kappa shape index (κ2) is 5.69. The monoisotopic (exact) mass is 332 g/mol. The van der Waals surface area contributed by atoms with E-state index < -0.39 is 0 Å². The molecule has 2 unspecified atom stereocenters. The van der Waals surface area contributed by atoms with E-state index >= 15 is 0 Å². The first kappa shape index (κ1) is 14.6. The van der Waals surface area contributed by atoms with Gasteiger partial charge >= 0.3 is 0 Å². The summed E-state index contributed by atoms with van der Waals surface area (Å²) in [7, 11) is 0. The molecule has 0 spiro atoms. The lowest BCUT2D eigenvalue weighted by Crippen LogP contribution is -2.29. The summed E-state index contributed by atoms with van der Waals surface area (Å²) in [5, 5.41) is 8.90. The lowest BCUT2D eigenvalue weighted by atomic mass is 10.0. The molecule has 25 heavy (non-hydrogen) atoms. The predicted molar refractivity (Wildman–Crippen MR) is 94.4 cm³/mol. The SMILES string of the molecule is N#Cc1ccc(N2CC3CN(c4cc(C5CC5)ncn4)CC3C2)nc1. The Morgan fingerprint density at radius 3 is 2.24 bits per heavy atom. The van der Waals surface area contributed by atoms with E-state index in [2.05, 4.69) is 36.9 Å². The lowest BCUT2D eigenvalue weighted by Gasteiger charge is -2.23. The fraction of sp³-hybridized carbons (Fsp3) is 0.474. The van der Waals surface area contributed by atoms with E-state index in [0.717, 1.165) is 37.8 Å². The highest BCUT2D eigenvalue weighted by molar-refractivity contribution is 5.46. The van der Waals surface area contributed by atoms with Crippen LogP contribution in [-0.4, -0.2) is 41.1 Å². The van der Waals surface area contributed by atoms with Crippen LogP contribution in [-0.2, 0) is 0 Å². The summed E-state index contributed by atoms with van der Waals surface area (Å²) in [5.74, 6) is 4.04. The Kier molecular flexibility index (Phi) is 3.34. The Morgan fingerprint density at radius 2 is 1.64 bits per heavy atom. The van der Waals surface area contributed by atoms with Crippen molar-refractivity contribution < 1.29 is 0 Å². The van der Waals surface area contributed by atoms with E-state index in [1.165, 1.54) is 18.5 Å². The third kappa shape index (κ3) is 2.70. The Bertz CT molecular complexity index is 809. The maximum absolute atomic E-state index is 8.90. The zero-order valence-electron chi connectivity index (χ0n) is 14.0. The molecule has 0 aromatic carbocycles. The summed E-state index contributed by atoms with van der Waals surface area (Å²) in [5.41, 5.74) is 1.83. The standard InChI is InChI=1S/C19H20N6/c20-6-13-1-4-18(21-7-13)24-8-15-10-25(11-16(15)9-24)19-5-17(14-2-3-14)22-12-23-19/h1,4-5,7,12,14-16H,2-3,8-11H2. The van der Waals surface area contributed by atoms with Crippen LogP contribution in [0.25, 0.3) is 0 Å². The number of nitriles is 1. The Morgan fingerprint density at radius 1 is 0.920 bits per heavy atom. The first-order valence-electron chi connectivity index (χ1n) is 8.98. The smallest absolute Gasteiger partial charge is 0.132 e. The van der Waals surface area contributed by atoms with Gasteiger partial charge in [0.25, 0.3) is 0 Å². The van der Waals surface area contributed by atoms with Gasteiger partial charge in [-0.1, -0.05) is 0 Å². The summed E-state index contributed by atoms with van der Waals surface area (Å²) in [6.45, 7) is 4.17. The molecule has 2 saturated heterocycles. The van der Waals surface area contributed by atoms with E-state index in [-0.39, 0.29) is 0 Å². The van der Waals surface area contributed by atoms with Crippen molar-refractivity contribution in [3.63, 3.8) is 0 Å². The van der Waals surface area contributed by atoms with E-state index in [0.29, 0.717) is 23.3 Å². The summed E-state index contributed by atoms with van der Waals surface area (Å²) >= 11 is 0. The first-order valence-corrected chi connectivity index (χ1v) is 8.98. The third-order valence-electron chi connectivity index (χ3n) is 5.68. The molecule has 5 rings (SSSR count). The quantitative estimate of drug-likeness (QED) is 0.858. The van der Waals surface area contributed by atoms with Crippen LogP contribution in [0, 0.1) is 23.2 Å². The van der Waals surface area contributed by atoms with Crippen molar-refractivity contribution in [1.82, 2.24) is 15.0 Å². The van der Waals surface area contributed by atoms with Crippen LogP contribution in [0.15, 0.2) is 30.7 Å². The molecule has 6 nitrogen and oxygen atoms in total. The van der Waals surface area contributed by atoms with Crippen molar-refractivity contribution in [2.24, 2.45) is 11.8 Å². The van der Waals surface area contributed by atoms with Gasteiger partial charge < -0.3 is 9.80 Å². The third-order valence-corrected chi connectivity index (χ3v) is 5.68. The highest BCUT2D eigenvalue weighted by atomic mass is 15.3. The average molecular weight is 332 g/mol. The van der Waals surface area contributed by atoms with Gasteiger partial charge in [-0.25, -0.2) is 15.0 Å². The number of nitrogens with zero attached hydrogens (tertiary/aromatic N) is 6. The number of aromatic nitrogens is 3. The van der Waals surface area contributed by atoms with Crippen LogP contribution in [0.1, 0.15) is 30.0 Å². The number of hydrogen-bond donors (Lipinski definition) is 0. The second-order valence-electron chi connectivity index (χ2n) is 7.42. The average Bonchev–Trinajstić information content (AvgIpc) is 3.32. The van der Waals surface area contributed by atoms with Crippen molar-refractivity contribution in [2.45, 2.75) is 18.8 Å². The van der Waals surface area contributed by atoms with Gasteiger partial charge in [0.05, 0.1) is 5.56 Å². The molecule has 1 saturated carbocycles. The molecule has 3 fully saturated rings. The van der Waals surface area contributed by atoms with E-state index in [1.54, 1.807) is 12.5 Å². The molecular formula is C19H20N6. The summed E-state index contributed by atoms with van der Waals surface area (Å²) in [4.78, 5) is 18.2. The van der Waals surface area contributed by atoms with Gasteiger partial charge in [0.2, 0.25) is 0 Å². The normalized spacial score (nSPS) is 25.1. The van der Waals surface area contributed by atoms with Crippen molar-refractivity contribution in [2.75, 3.05) is 36.0 Å². The van der Waals surface area contributed by atoms with E-state index in [4.69, 9.17) is 5.26 Å². The minimum Gasteiger partial charge on any atom is -0.356 e. The van der Waals surface area contributed by atoms with Gasteiger partial charge in [-0.2, -0.15) is 5.26 Å². The molecule has 0 bridgehead atoms. The lowest BCUT2D eigenvalue weighted by molar-refractivity contribution is 0.533. The minimum atomic E-state index is 0.615. The van der Waals surface area contributed by atoms with Crippen molar-refractivity contribution >= 4 is 11.6 Å². The second-order valence-corrected chi connectivity index (χ2v) is 7.42. The Balaban J connectivity index is 1.27. The molecule has 2 aromatic heterocycles. The molecule has 0 amide bonds. The first-order chi connectivity index (χ1) is 12.3. The number of pyridine rings is 1. The predicted octanol–water partition coefficient (Wildman–Crippen LogP) is 2.19. The topological polar surface area (TPSA) is 68.9 Å². The highest BCUT2D eigenvalue weighted by Gasteiger charge is 2.41. The van der Waals surface area contributed by atoms with Crippen LogP contribution >= 0.6 is 0 Å². The van der Waals surface area contributed by atoms with Gasteiger partial charge in [-0.05, 0) is 25.0 Å². The molecule has 1 aliphatic carbocycles. The van der Waals surface area contributed by atoms with Gasteiger partial charge in [-0.3, -0.25) is 0 Å². The molecule has 4 heterocycles. The summed E-state index contributed by atoms with van der Waals surface area (Å²) in [6, 6.07) is 8.13. The fourth-order valence-corrected chi connectivity index (χ4v) is 4.14.